The number of esters is 1. The molecule has 4 aromatic heterocycles. The number of fused-ring (bicyclic) bond motifs is 2. The average Bonchev–Trinajstić information content (AvgIpc) is 3.82. The number of benzene rings is 2. The van der Waals surface area contributed by atoms with Gasteiger partial charge in [-0.25, -0.2) is 27.8 Å². The lowest BCUT2D eigenvalue weighted by Gasteiger charge is -2.38. The number of rotatable bonds is 14. The molecule has 2 saturated carbocycles. The molecule has 0 amide bonds. The molecule has 2 aliphatic heterocycles. The lowest BCUT2D eigenvalue weighted by Crippen LogP contribution is -2.41. The third-order valence-corrected chi connectivity index (χ3v) is 22.5. The van der Waals surface area contributed by atoms with Crippen LogP contribution in [-0.2, 0) is 47.3 Å². The largest absolute Gasteiger partial charge is 0.459 e. The van der Waals surface area contributed by atoms with Gasteiger partial charge in [-0.1, -0.05) is 69.6 Å². The van der Waals surface area contributed by atoms with Crippen molar-refractivity contribution in [1.29, 1.82) is 0 Å². The van der Waals surface area contributed by atoms with Gasteiger partial charge in [-0.3, -0.25) is 4.79 Å². The van der Waals surface area contributed by atoms with Crippen LogP contribution in [0.25, 0.3) is 22.6 Å². The highest BCUT2D eigenvalue weighted by molar-refractivity contribution is 7.89. The van der Waals surface area contributed by atoms with E-state index in [-0.39, 0.29) is 73.9 Å². The fourth-order valence-electron chi connectivity index (χ4n) is 9.92. The summed E-state index contributed by atoms with van der Waals surface area (Å²) < 4.78 is 77.8. The molecule has 2 aliphatic carbocycles. The lowest BCUT2D eigenvalue weighted by atomic mass is 10.1. The standard InChI is InChI=1S/C34H46N4O6SSi.C22H23N5O4S.2CH4.ClH/c1-23(44-46(8,9)34(5,6)7)32-35-16-17-37(32)19-26-18-30(43-36-26)25-13-10-24(11-14-25)12-15-27-28-20-38(21-29(27)28)45(40,41)22-31(39)42-33(2,3)4;1-14(28)22-24-8-9-26(22)11-17-10-21(31-25-17)16-5-2-15(3-6-16)4-7-18-19-12-27(13-20(18)19)32(23,29)30;;;/h10-11,13-14,16-18,23,27-29H,19-22H2,1-9H3;2-3,5-6,8-10,14,18-20,28H,11-13H2,1H3,(H2,23,29,30);2*1H4;1H/t23-,27?,28-,29+;14-,18?,19-,20+;;;/m00.../s1. The molecule has 438 valence electrons. The number of piperidine rings is 2. The monoisotopic (exact) mass is 1190 g/mol. The van der Waals surface area contributed by atoms with Gasteiger partial charge in [-0.05, 0) is 125 Å². The van der Waals surface area contributed by atoms with Crippen LogP contribution in [-0.4, -0.2) is 112 Å². The Labute approximate surface area is 485 Å². The first kappa shape index (κ1) is 64.2. The third-order valence-electron chi connectivity index (χ3n) is 15.2. The molecule has 6 aromatic rings. The van der Waals surface area contributed by atoms with Crippen LogP contribution < -0.4 is 5.14 Å². The van der Waals surface area contributed by atoms with Gasteiger partial charge >= 0.3 is 5.97 Å². The van der Waals surface area contributed by atoms with Crippen molar-refractivity contribution < 1.29 is 44.9 Å². The number of carbonyl (C=O) groups is 1. The van der Waals surface area contributed by atoms with E-state index in [4.69, 9.17) is 23.3 Å². The van der Waals surface area contributed by atoms with Crippen molar-refractivity contribution in [3.8, 4) is 46.3 Å². The van der Waals surface area contributed by atoms with Crippen molar-refractivity contribution in [3.05, 3.63) is 120 Å². The van der Waals surface area contributed by atoms with Gasteiger partial charge in [0.05, 0.1) is 13.1 Å². The van der Waals surface area contributed by atoms with Crippen LogP contribution in [0.5, 0.6) is 0 Å². The normalized spacial score (nSPS) is 21.1. The number of aliphatic hydroxyl groups is 1. The summed E-state index contributed by atoms with van der Waals surface area (Å²) >= 11 is 0. The second-order valence-corrected chi connectivity index (χ2v) is 31.6. The zero-order chi connectivity index (χ0) is 56.1. The molecule has 0 radical (unpaired) electrons. The average molecular weight is 1190 g/mol. The van der Waals surface area contributed by atoms with Gasteiger partial charge in [0.2, 0.25) is 10.0 Å². The van der Waals surface area contributed by atoms with E-state index in [0.717, 1.165) is 39.5 Å². The minimum absolute atomic E-state index is 0. The molecule has 10 rings (SSSR count). The molecule has 19 nitrogen and oxygen atoms in total. The Kier molecular flexibility index (Phi) is 19.7. The predicted molar refractivity (Wildman–Crippen MR) is 315 cm³/mol. The highest BCUT2D eigenvalue weighted by Gasteiger charge is 2.58. The Morgan fingerprint density at radius 1 is 0.728 bits per heavy atom. The summed E-state index contributed by atoms with van der Waals surface area (Å²) in [4.78, 5) is 20.8. The number of sulfonamides is 1. The van der Waals surface area contributed by atoms with Gasteiger partial charge in [0.15, 0.2) is 25.6 Å². The Balaban J connectivity index is 0.000000266. The molecular formula is C58H78ClN9O10S2Si. The molecule has 8 atom stereocenters. The maximum atomic E-state index is 12.7. The smallest absolute Gasteiger partial charge is 0.323 e. The number of imidazole rings is 2. The van der Waals surface area contributed by atoms with Gasteiger partial charge in [-0.2, -0.15) is 12.7 Å². The van der Waals surface area contributed by atoms with E-state index in [2.05, 4.69) is 89.3 Å². The van der Waals surface area contributed by atoms with Crippen LogP contribution in [0.1, 0.15) is 117 Å². The number of nitrogens with zero attached hydrogens (tertiary/aromatic N) is 8. The molecule has 3 N–H and O–H groups in total. The van der Waals surface area contributed by atoms with E-state index in [1.807, 2.05) is 71.4 Å². The quantitative estimate of drug-likeness (QED) is 0.0588. The number of halogens is 1. The molecule has 6 heterocycles. The number of hydrogen-bond donors (Lipinski definition) is 2. The molecule has 23 heteroatoms. The summed E-state index contributed by atoms with van der Waals surface area (Å²) in [7, 11) is -9.24. The highest BCUT2D eigenvalue weighted by atomic mass is 35.5. The summed E-state index contributed by atoms with van der Waals surface area (Å²) in [5, 5.41) is 23.5. The van der Waals surface area contributed by atoms with E-state index < -0.39 is 52.0 Å². The Morgan fingerprint density at radius 2 is 1.15 bits per heavy atom. The van der Waals surface area contributed by atoms with Crippen LogP contribution >= 0.6 is 12.4 Å². The fraction of sp³-hybridized carbons (Fsp3) is 0.500. The third kappa shape index (κ3) is 15.4. The van der Waals surface area contributed by atoms with Crippen LogP contribution in [0.15, 0.2) is 94.5 Å². The van der Waals surface area contributed by atoms with Gasteiger partial charge in [0, 0.05) is 97.2 Å². The molecule has 4 fully saturated rings. The molecule has 2 saturated heterocycles. The second kappa shape index (κ2) is 24.9. The zero-order valence-electron chi connectivity index (χ0n) is 46.2. The van der Waals surface area contributed by atoms with Crippen LogP contribution in [0.4, 0.5) is 0 Å². The molecule has 2 aromatic carbocycles. The molecule has 81 heavy (non-hydrogen) atoms. The maximum Gasteiger partial charge on any atom is 0.323 e. The topological polar surface area (TPSA) is 244 Å². The van der Waals surface area contributed by atoms with Crippen molar-refractivity contribution >= 4 is 46.9 Å². The van der Waals surface area contributed by atoms with Crippen LogP contribution in [0, 0.1) is 59.2 Å². The number of aliphatic hydroxyl groups excluding tert-OH is 1. The maximum absolute atomic E-state index is 12.7. The van der Waals surface area contributed by atoms with Crippen molar-refractivity contribution in [1.82, 2.24) is 38.0 Å². The van der Waals surface area contributed by atoms with Gasteiger partial charge in [0.1, 0.15) is 40.8 Å². The first-order chi connectivity index (χ1) is 36.6. The molecular weight excluding hydrogens is 1110 g/mol. The fourth-order valence-corrected chi connectivity index (χ4v) is 13.4. The van der Waals surface area contributed by atoms with Crippen molar-refractivity contribution in [3.63, 3.8) is 0 Å². The summed E-state index contributed by atoms with van der Waals surface area (Å²) in [6.45, 7) is 22.8. The highest BCUT2D eigenvalue weighted by Crippen LogP contribution is 2.53. The van der Waals surface area contributed by atoms with Gasteiger partial charge < -0.3 is 32.4 Å². The Morgan fingerprint density at radius 3 is 1.56 bits per heavy atom. The van der Waals surface area contributed by atoms with E-state index in [9.17, 15) is 26.7 Å². The number of aromatic nitrogens is 6. The number of hydrogen-bond acceptors (Lipinski definition) is 14. The molecule has 4 aliphatic rings. The summed E-state index contributed by atoms with van der Waals surface area (Å²) in [6.07, 6.45) is 6.38. The Hall–Kier alpha value is -5.92. The van der Waals surface area contributed by atoms with E-state index in [1.165, 1.54) is 8.61 Å². The predicted octanol–water partition coefficient (Wildman–Crippen LogP) is 8.94. The van der Waals surface area contributed by atoms with Gasteiger partial charge in [0.25, 0.3) is 10.2 Å². The van der Waals surface area contributed by atoms with E-state index in [1.54, 1.807) is 46.3 Å². The lowest BCUT2D eigenvalue weighted by molar-refractivity contribution is -0.151. The minimum Gasteiger partial charge on any atom is -0.459 e. The van der Waals surface area contributed by atoms with Crippen LogP contribution in [0.2, 0.25) is 18.1 Å². The zero-order valence-corrected chi connectivity index (χ0v) is 49.6. The molecule has 0 spiro atoms. The SMILES string of the molecule is C.C.C[C@H](O)c1nccn1Cc1cc(-c2ccc(C#CC3[C@H]4CN(S(N)(=O)=O)C[C@@H]34)cc2)on1.C[C@H](O[Si](C)(C)C(C)(C)C)c1nccn1Cc1cc(-c2ccc(C#CC3[C@H]4CN(S(=O)(=O)CC(=O)OC(C)(C)C)C[C@@H]34)cc2)on1.Cl. The Bertz CT molecular complexity index is 3480. The van der Waals surface area contributed by atoms with Gasteiger partial charge in [-0.15, -0.1) is 12.4 Å². The van der Waals surface area contributed by atoms with E-state index in [0.29, 0.717) is 56.6 Å². The van der Waals surface area contributed by atoms with Crippen molar-refractivity contribution in [2.75, 3.05) is 31.9 Å². The van der Waals surface area contributed by atoms with Crippen LogP contribution in [0.3, 0.4) is 0 Å². The summed E-state index contributed by atoms with van der Waals surface area (Å²) in [6, 6.07) is 19.4. The molecule has 0 bridgehead atoms. The van der Waals surface area contributed by atoms with E-state index >= 15 is 0 Å². The first-order valence-corrected chi connectivity index (χ1v) is 32.1. The first-order valence-electron chi connectivity index (χ1n) is 26.1. The number of nitrogens with two attached hydrogens (primary N) is 1. The van der Waals surface area contributed by atoms with Crippen molar-refractivity contribution in [2.45, 2.75) is 119 Å². The number of carbonyl (C=O) groups excluding carboxylic acids is 1. The summed E-state index contributed by atoms with van der Waals surface area (Å²) in [5.74, 6) is 15.8. The second-order valence-electron chi connectivity index (χ2n) is 23.3. The summed E-state index contributed by atoms with van der Waals surface area (Å²) in [5.41, 5.74) is 4.36. The number of ether oxygens (including phenoxy) is 1. The molecule has 2 unspecified atom stereocenters. The minimum atomic E-state index is -3.70. The van der Waals surface area contributed by atoms with Crippen molar-refractivity contribution in [2.24, 2.45) is 40.6 Å².